The minimum absolute atomic E-state index is 0.0138. The van der Waals surface area contributed by atoms with E-state index in [1.165, 1.54) is 12.1 Å². The fourth-order valence-corrected chi connectivity index (χ4v) is 2.72. The van der Waals surface area contributed by atoms with Gasteiger partial charge in [-0.05, 0) is 44.8 Å². The summed E-state index contributed by atoms with van der Waals surface area (Å²) in [7, 11) is 1.94. The van der Waals surface area contributed by atoms with Crippen LogP contribution in [0.15, 0.2) is 18.2 Å². The number of nitro groups is 1. The Balaban J connectivity index is 2.06. The van der Waals surface area contributed by atoms with Crippen molar-refractivity contribution in [3.05, 3.63) is 34.1 Å². The second kappa shape index (κ2) is 6.65. The van der Waals surface area contributed by atoms with Gasteiger partial charge in [-0.25, -0.2) is 4.39 Å². The van der Waals surface area contributed by atoms with Crippen LogP contribution in [-0.2, 0) is 0 Å². The summed E-state index contributed by atoms with van der Waals surface area (Å²) in [5.41, 5.74) is 0.391. The highest BCUT2D eigenvalue weighted by molar-refractivity contribution is 5.63. The molecule has 0 radical (unpaired) electrons. The third-order valence-electron chi connectivity index (χ3n) is 3.89. The molecular weight excluding hydrogens is 261 g/mol. The molecule has 0 bridgehead atoms. The molecule has 1 saturated heterocycles. The van der Waals surface area contributed by atoms with Gasteiger partial charge in [0.1, 0.15) is 11.5 Å². The number of nitrogens with one attached hydrogen (secondary N) is 1. The SMILES string of the molecule is CNCCC1CCN(c2cc(F)ccc2[N+](=O)[O-])CC1. The first-order chi connectivity index (χ1) is 9.61. The van der Waals surface area contributed by atoms with E-state index in [1.54, 1.807) is 0 Å². The van der Waals surface area contributed by atoms with Crippen molar-refractivity contribution in [3.63, 3.8) is 0 Å². The fraction of sp³-hybridized carbons (Fsp3) is 0.571. The molecule has 0 spiro atoms. The maximum atomic E-state index is 13.4. The second-order valence-electron chi connectivity index (χ2n) is 5.21. The van der Waals surface area contributed by atoms with Gasteiger partial charge in [0.05, 0.1) is 4.92 Å². The molecule has 0 atom stereocenters. The van der Waals surface area contributed by atoms with Crippen LogP contribution in [0.1, 0.15) is 19.3 Å². The van der Waals surface area contributed by atoms with E-state index >= 15 is 0 Å². The Labute approximate surface area is 117 Å². The molecule has 2 rings (SSSR count). The van der Waals surface area contributed by atoms with Crippen LogP contribution in [0.25, 0.3) is 0 Å². The summed E-state index contributed by atoms with van der Waals surface area (Å²) in [6.45, 7) is 2.49. The molecule has 1 fully saturated rings. The van der Waals surface area contributed by atoms with Crippen molar-refractivity contribution in [2.24, 2.45) is 5.92 Å². The maximum Gasteiger partial charge on any atom is 0.292 e. The first-order valence-electron chi connectivity index (χ1n) is 6.95. The Hall–Kier alpha value is -1.69. The van der Waals surface area contributed by atoms with E-state index in [0.29, 0.717) is 11.6 Å². The Morgan fingerprint density at radius 1 is 1.45 bits per heavy atom. The summed E-state index contributed by atoms with van der Waals surface area (Å²) in [6.07, 6.45) is 3.11. The zero-order chi connectivity index (χ0) is 14.5. The summed E-state index contributed by atoms with van der Waals surface area (Å²) < 4.78 is 13.4. The molecule has 0 saturated carbocycles. The molecule has 0 amide bonds. The van der Waals surface area contributed by atoms with Gasteiger partial charge in [-0.15, -0.1) is 0 Å². The van der Waals surface area contributed by atoms with Crippen molar-refractivity contribution in [1.29, 1.82) is 0 Å². The monoisotopic (exact) mass is 281 g/mol. The van der Waals surface area contributed by atoms with E-state index in [2.05, 4.69) is 5.32 Å². The number of nitro benzene ring substituents is 1. The van der Waals surface area contributed by atoms with Crippen molar-refractivity contribution in [3.8, 4) is 0 Å². The molecule has 110 valence electrons. The predicted molar refractivity (Wildman–Crippen MR) is 76.5 cm³/mol. The lowest BCUT2D eigenvalue weighted by molar-refractivity contribution is -0.384. The van der Waals surface area contributed by atoms with Crippen LogP contribution >= 0.6 is 0 Å². The van der Waals surface area contributed by atoms with E-state index in [9.17, 15) is 14.5 Å². The van der Waals surface area contributed by atoms with Crippen molar-refractivity contribution >= 4 is 11.4 Å². The molecule has 1 heterocycles. The standard InChI is InChI=1S/C14H20FN3O2/c1-16-7-4-11-5-8-17(9-6-11)14-10-12(15)2-3-13(14)18(19)20/h2-3,10-11,16H,4-9H2,1H3. The Bertz CT molecular complexity index is 473. The third kappa shape index (κ3) is 3.45. The van der Waals surface area contributed by atoms with Crippen LogP contribution in [0.4, 0.5) is 15.8 Å². The number of benzene rings is 1. The number of rotatable bonds is 5. The molecule has 6 heteroatoms. The number of halogens is 1. The molecule has 20 heavy (non-hydrogen) atoms. The molecule has 5 nitrogen and oxygen atoms in total. The lowest BCUT2D eigenvalue weighted by atomic mass is 9.93. The summed E-state index contributed by atoms with van der Waals surface area (Å²) in [6, 6.07) is 3.66. The summed E-state index contributed by atoms with van der Waals surface area (Å²) in [5.74, 6) is 0.217. The average Bonchev–Trinajstić information content (AvgIpc) is 2.45. The molecule has 1 aliphatic rings. The first kappa shape index (κ1) is 14.7. The Kier molecular flexibility index (Phi) is 4.89. The predicted octanol–water partition coefficient (Wildman–Crippen LogP) is 2.56. The minimum atomic E-state index is -0.443. The van der Waals surface area contributed by atoms with Crippen LogP contribution in [0, 0.1) is 21.8 Å². The number of hydrogen-bond donors (Lipinski definition) is 1. The van der Waals surface area contributed by atoms with Crippen molar-refractivity contribution in [1.82, 2.24) is 5.32 Å². The second-order valence-corrected chi connectivity index (χ2v) is 5.21. The number of hydrogen-bond acceptors (Lipinski definition) is 4. The van der Waals surface area contributed by atoms with Crippen LogP contribution in [0.3, 0.4) is 0 Å². The van der Waals surface area contributed by atoms with E-state index in [4.69, 9.17) is 0 Å². The molecule has 1 aromatic carbocycles. The molecule has 0 aromatic heterocycles. The van der Waals surface area contributed by atoms with Gasteiger partial charge in [0.2, 0.25) is 0 Å². The van der Waals surface area contributed by atoms with Crippen LogP contribution in [-0.4, -0.2) is 31.6 Å². The first-order valence-corrected chi connectivity index (χ1v) is 6.95. The van der Waals surface area contributed by atoms with E-state index in [-0.39, 0.29) is 5.69 Å². The van der Waals surface area contributed by atoms with Crippen LogP contribution < -0.4 is 10.2 Å². The van der Waals surface area contributed by atoms with E-state index in [0.717, 1.165) is 45.0 Å². The minimum Gasteiger partial charge on any atom is -0.366 e. The average molecular weight is 281 g/mol. The van der Waals surface area contributed by atoms with Gasteiger partial charge in [0.25, 0.3) is 5.69 Å². The van der Waals surface area contributed by atoms with Crippen molar-refractivity contribution < 1.29 is 9.31 Å². The van der Waals surface area contributed by atoms with Gasteiger partial charge < -0.3 is 10.2 Å². The maximum absolute atomic E-state index is 13.4. The van der Waals surface area contributed by atoms with Gasteiger partial charge >= 0.3 is 0 Å². The highest BCUT2D eigenvalue weighted by atomic mass is 19.1. The lowest BCUT2D eigenvalue weighted by Crippen LogP contribution is -2.34. The van der Waals surface area contributed by atoms with Gasteiger partial charge in [-0.3, -0.25) is 10.1 Å². The smallest absolute Gasteiger partial charge is 0.292 e. The normalized spacial score (nSPS) is 16.4. The summed E-state index contributed by atoms with van der Waals surface area (Å²) in [4.78, 5) is 12.5. The molecule has 1 aliphatic heterocycles. The summed E-state index contributed by atoms with van der Waals surface area (Å²) >= 11 is 0. The third-order valence-corrected chi connectivity index (χ3v) is 3.89. The summed E-state index contributed by atoms with van der Waals surface area (Å²) in [5, 5.41) is 14.2. The lowest BCUT2D eigenvalue weighted by Gasteiger charge is -2.33. The van der Waals surface area contributed by atoms with E-state index in [1.807, 2.05) is 11.9 Å². The number of anilines is 1. The molecular formula is C14H20FN3O2. The Morgan fingerprint density at radius 2 is 2.15 bits per heavy atom. The molecule has 1 N–H and O–H groups in total. The van der Waals surface area contributed by atoms with E-state index < -0.39 is 10.7 Å². The highest BCUT2D eigenvalue weighted by Crippen LogP contribution is 2.32. The van der Waals surface area contributed by atoms with Gasteiger partial charge in [-0.2, -0.15) is 0 Å². The number of piperidine rings is 1. The Morgan fingerprint density at radius 3 is 2.75 bits per heavy atom. The van der Waals surface area contributed by atoms with Crippen LogP contribution in [0.2, 0.25) is 0 Å². The van der Waals surface area contributed by atoms with Gasteiger partial charge in [0, 0.05) is 25.2 Å². The van der Waals surface area contributed by atoms with Crippen LogP contribution in [0.5, 0.6) is 0 Å². The number of nitrogens with zero attached hydrogens (tertiary/aromatic N) is 2. The van der Waals surface area contributed by atoms with Gasteiger partial charge in [0.15, 0.2) is 0 Å². The van der Waals surface area contributed by atoms with Crippen molar-refractivity contribution in [2.45, 2.75) is 19.3 Å². The fourth-order valence-electron chi connectivity index (χ4n) is 2.72. The highest BCUT2D eigenvalue weighted by Gasteiger charge is 2.24. The zero-order valence-corrected chi connectivity index (χ0v) is 11.6. The largest absolute Gasteiger partial charge is 0.366 e. The van der Waals surface area contributed by atoms with Gasteiger partial charge in [-0.1, -0.05) is 0 Å². The molecule has 0 aliphatic carbocycles. The molecule has 1 aromatic rings. The van der Waals surface area contributed by atoms with Crippen molar-refractivity contribution in [2.75, 3.05) is 31.6 Å². The molecule has 0 unspecified atom stereocenters. The zero-order valence-electron chi connectivity index (χ0n) is 11.6. The quantitative estimate of drug-likeness (QED) is 0.665. The topological polar surface area (TPSA) is 58.4 Å².